The Morgan fingerprint density at radius 2 is 1.95 bits per heavy atom. The highest BCUT2D eigenvalue weighted by atomic mass is 16.6. The SMILES string of the molecule is O=C(O)c1cccc([N+](=O)[O-])c1Oc1cccc(CO)c1. The van der Waals surface area contributed by atoms with Crippen LogP contribution in [0.1, 0.15) is 15.9 Å². The van der Waals surface area contributed by atoms with Crippen molar-refractivity contribution in [1.82, 2.24) is 0 Å². The molecule has 0 amide bonds. The zero-order valence-electron chi connectivity index (χ0n) is 10.7. The number of carboxylic acids is 1. The molecule has 0 bridgehead atoms. The lowest BCUT2D eigenvalue weighted by atomic mass is 10.1. The van der Waals surface area contributed by atoms with Crippen molar-refractivity contribution in [3.05, 3.63) is 63.7 Å². The van der Waals surface area contributed by atoms with Crippen molar-refractivity contribution >= 4 is 11.7 Å². The summed E-state index contributed by atoms with van der Waals surface area (Å²) in [6, 6.07) is 9.89. The summed E-state index contributed by atoms with van der Waals surface area (Å²) in [6.07, 6.45) is 0. The molecule has 0 aromatic heterocycles. The van der Waals surface area contributed by atoms with Gasteiger partial charge in [-0.2, -0.15) is 0 Å². The molecule has 0 aliphatic rings. The summed E-state index contributed by atoms with van der Waals surface area (Å²) in [5.41, 5.74) is -0.203. The molecule has 2 aromatic carbocycles. The Hall–Kier alpha value is -2.93. The highest BCUT2D eigenvalue weighted by Crippen LogP contribution is 2.35. The highest BCUT2D eigenvalue weighted by Gasteiger charge is 2.23. The maximum absolute atomic E-state index is 11.2. The smallest absolute Gasteiger partial charge is 0.339 e. The number of nitrogens with zero attached hydrogens (tertiary/aromatic N) is 1. The van der Waals surface area contributed by atoms with Gasteiger partial charge in [0, 0.05) is 6.07 Å². The monoisotopic (exact) mass is 289 g/mol. The molecule has 0 radical (unpaired) electrons. The summed E-state index contributed by atoms with van der Waals surface area (Å²) < 4.78 is 5.37. The van der Waals surface area contributed by atoms with Gasteiger partial charge in [0.1, 0.15) is 11.3 Å². The number of rotatable bonds is 5. The molecule has 7 nitrogen and oxygen atoms in total. The minimum atomic E-state index is -1.33. The molecule has 0 heterocycles. The van der Waals surface area contributed by atoms with Gasteiger partial charge in [0.25, 0.3) is 0 Å². The predicted octanol–water partition coefficient (Wildman–Crippen LogP) is 2.58. The number of carbonyl (C=O) groups is 1. The second kappa shape index (κ2) is 6.02. The third-order valence-corrected chi connectivity index (χ3v) is 2.72. The van der Waals surface area contributed by atoms with Crippen molar-refractivity contribution in [3.8, 4) is 11.5 Å². The number of aromatic carboxylic acids is 1. The van der Waals surface area contributed by atoms with Crippen molar-refractivity contribution in [2.24, 2.45) is 0 Å². The van der Waals surface area contributed by atoms with Crippen LogP contribution < -0.4 is 4.74 Å². The minimum absolute atomic E-state index is 0.207. The van der Waals surface area contributed by atoms with Gasteiger partial charge in [-0.25, -0.2) is 4.79 Å². The first kappa shape index (κ1) is 14.5. The van der Waals surface area contributed by atoms with E-state index in [4.69, 9.17) is 14.9 Å². The van der Waals surface area contributed by atoms with Gasteiger partial charge in [-0.05, 0) is 23.8 Å². The third-order valence-electron chi connectivity index (χ3n) is 2.72. The molecular formula is C14H11NO6. The Balaban J connectivity index is 2.50. The molecule has 0 aliphatic carbocycles. The predicted molar refractivity (Wildman–Crippen MR) is 72.5 cm³/mol. The molecule has 0 spiro atoms. The fourth-order valence-electron chi connectivity index (χ4n) is 1.77. The van der Waals surface area contributed by atoms with Gasteiger partial charge in [0.2, 0.25) is 5.75 Å². The Morgan fingerprint density at radius 3 is 2.57 bits per heavy atom. The van der Waals surface area contributed by atoms with Crippen LogP contribution in [0.3, 0.4) is 0 Å². The molecular weight excluding hydrogens is 278 g/mol. The van der Waals surface area contributed by atoms with E-state index in [0.29, 0.717) is 5.56 Å². The third kappa shape index (κ3) is 3.15. The van der Waals surface area contributed by atoms with Crippen molar-refractivity contribution in [2.45, 2.75) is 6.61 Å². The van der Waals surface area contributed by atoms with Gasteiger partial charge in [-0.1, -0.05) is 18.2 Å². The lowest BCUT2D eigenvalue weighted by Gasteiger charge is -2.09. The van der Waals surface area contributed by atoms with Crippen LogP contribution in [0.4, 0.5) is 5.69 Å². The van der Waals surface area contributed by atoms with Crippen LogP contribution in [0.15, 0.2) is 42.5 Å². The van der Waals surface area contributed by atoms with E-state index in [2.05, 4.69) is 0 Å². The molecule has 2 rings (SSSR count). The van der Waals surface area contributed by atoms with Crippen molar-refractivity contribution in [1.29, 1.82) is 0 Å². The van der Waals surface area contributed by atoms with Gasteiger partial charge in [-0.15, -0.1) is 0 Å². The van der Waals surface area contributed by atoms with E-state index in [1.807, 2.05) is 0 Å². The summed E-state index contributed by atoms with van der Waals surface area (Å²) >= 11 is 0. The quantitative estimate of drug-likeness (QED) is 0.646. The molecule has 0 saturated heterocycles. The Bertz CT molecular complexity index is 665. The van der Waals surface area contributed by atoms with Gasteiger partial charge in [0.15, 0.2) is 0 Å². The zero-order valence-corrected chi connectivity index (χ0v) is 10.7. The van der Waals surface area contributed by atoms with E-state index in [1.165, 1.54) is 24.3 Å². The summed E-state index contributed by atoms with van der Waals surface area (Å²) in [6.45, 7) is -0.222. The second-order valence-corrected chi connectivity index (χ2v) is 4.12. The van der Waals surface area contributed by atoms with Crippen LogP contribution in [0, 0.1) is 10.1 Å². The van der Waals surface area contributed by atoms with Crippen LogP contribution in [-0.4, -0.2) is 21.1 Å². The number of benzene rings is 2. The Labute approximate surface area is 119 Å². The van der Waals surface area contributed by atoms with Gasteiger partial charge < -0.3 is 14.9 Å². The Morgan fingerprint density at radius 1 is 1.24 bits per heavy atom. The molecule has 0 aliphatic heterocycles. The molecule has 0 unspecified atom stereocenters. The van der Waals surface area contributed by atoms with E-state index in [0.717, 1.165) is 6.07 Å². The molecule has 0 saturated carbocycles. The number of hydrogen-bond donors (Lipinski definition) is 2. The van der Waals surface area contributed by atoms with Crippen molar-refractivity contribution < 1.29 is 24.7 Å². The number of para-hydroxylation sites is 1. The van der Waals surface area contributed by atoms with E-state index < -0.39 is 16.6 Å². The largest absolute Gasteiger partial charge is 0.478 e. The van der Waals surface area contributed by atoms with Gasteiger partial charge in [-0.3, -0.25) is 10.1 Å². The van der Waals surface area contributed by atoms with Crippen LogP contribution >= 0.6 is 0 Å². The molecule has 0 atom stereocenters. The van der Waals surface area contributed by atoms with Crippen LogP contribution in [0.5, 0.6) is 11.5 Å². The van der Waals surface area contributed by atoms with E-state index in [9.17, 15) is 14.9 Å². The van der Waals surface area contributed by atoms with Gasteiger partial charge in [0.05, 0.1) is 11.5 Å². The van der Waals surface area contributed by atoms with Crippen LogP contribution in [0.2, 0.25) is 0 Å². The normalized spacial score (nSPS) is 10.1. The maximum atomic E-state index is 11.2. The molecule has 2 N–H and O–H groups in total. The summed E-state index contributed by atoms with van der Waals surface area (Å²) in [5, 5.41) is 29.2. The first-order chi connectivity index (χ1) is 10.0. The number of aliphatic hydroxyl groups excluding tert-OH is 1. The van der Waals surface area contributed by atoms with Gasteiger partial charge >= 0.3 is 11.7 Å². The molecule has 108 valence electrons. The number of aliphatic hydroxyl groups is 1. The lowest BCUT2D eigenvalue weighted by molar-refractivity contribution is -0.385. The number of carboxylic acid groups (broad SMARTS) is 1. The molecule has 21 heavy (non-hydrogen) atoms. The minimum Gasteiger partial charge on any atom is -0.478 e. The zero-order chi connectivity index (χ0) is 15.4. The first-order valence-corrected chi connectivity index (χ1v) is 5.91. The van der Waals surface area contributed by atoms with E-state index in [1.54, 1.807) is 12.1 Å². The maximum Gasteiger partial charge on any atom is 0.339 e. The highest BCUT2D eigenvalue weighted by molar-refractivity contribution is 5.92. The summed E-state index contributed by atoms with van der Waals surface area (Å²) in [5.74, 6) is -1.46. The molecule has 7 heteroatoms. The first-order valence-electron chi connectivity index (χ1n) is 5.91. The molecule has 0 fully saturated rings. The fourth-order valence-corrected chi connectivity index (χ4v) is 1.77. The lowest BCUT2D eigenvalue weighted by Crippen LogP contribution is -2.03. The van der Waals surface area contributed by atoms with E-state index >= 15 is 0 Å². The second-order valence-electron chi connectivity index (χ2n) is 4.12. The van der Waals surface area contributed by atoms with Crippen LogP contribution in [-0.2, 0) is 6.61 Å². The average Bonchev–Trinajstić information content (AvgIpc) is 2.47. The average molecular weight is 289 g/mol. The number of ether oxygens (including phenoxy) is 1. The number of hydrogen-bond acceptors (Lipinski definition) is 5. The van der Waals surface area contributed by atoms with Crippen molar-refractivity contribution in [2.75, 3.05) is 0 Å². The standard InChI is InChI=1S/C14H11NO6/c16-8-9-3-1-4-10(7-9)21-13-11(14(17)18)5-2-6-12(13)15(19)20/h1-7,16H,8H2,(H,17,18). The number of nitro groups is 1. The molecule has 2 aromatic rings. The van der Waals surface area contributed by atoms with Crippen molar-refractivity contribution in [3.63, 3.8) is 0 Å². The number of nitro benzene ring substituents is 1. The summed E-state index contributed by atoms with van der Waals surface area (Å²) in [4.78, 5) is 21.5. The topological polar surface area (TPSA) is 110 Å². The summed E-state index contributed by atoms with van der Waals surface area (Å²) in [7, 11) is 0. The van der Waals surface area contributed by atoms with E-state index in [-0.39, 0.29) is 23.7 Å². The Kier molecular flexibility index (Phi) is 4.15. The fraction of sp³-hybridized carbons (Fsp3) is 0.0714. The van der Waals surface area contributed by atoms with Crippen LogP contribution in [0.25, 0.3) is 0 Å².